The van der Waals surface area contributed by atoms with E-state index in [0.29, 0.717) is 11.2 Å². The van der Waals surface area contributed by atoms with Crippen molar-refractivity contribution in [2.24, 2.45) is 0 Å². The molecule has 90 valence electrons. The van der Waals surface area contributed by atoms with Crippen LogP contribution in [0.1, 0.15) is 5.56 Å². The smallest absolute Gasteiger partial charge is 0.262 e. The van der Waals surface area contributed by atoms with E-state index in [1.165, 1.54) is 10.7 Å². The Morgan fingerprint density at radius 3 is 2.67 bits per heavy atom. The third-order valence-electron chi connectivity index (χ3n) is 2.88. The van der Waals surface area contributed by atoms with Gasteiger partial charge in [0, 0.05) is 6.07 Å². The first kappa shape index (κ1) is 10.6. The van der Waals surface area contributed by atoms with Crippen molar-refractivity contribution >= 4 is 5.65 Å². The molecule has 2 heterocycles. The minimum absolute atomic E-state index is 0.150. The maximum Gasteiger partial charge on any atom is 0.262 e. The zero-order valence-corrected chi connectivity index (χ0v) is 9.71. The van der Waals surface area contributed by atoms with E-state index in [-0.39, 0.29) is 17.0 Å². The highest BCUT2D eigenvalue weighted by molar-refractivity contribution is 5.69. The predicted octanol–water partition coefficient (Wildman–Crippen LogP) is 1.70. The maximum absolute atomic E-state index is 12.0. The highest BCUT2D eigenvalue weighted by Crippen LogP contribution is 2.25. The van der Waals surface area contributed by atoms with Gasteiger partial charge in [-0.1, -0.05) is 29.8 Å². The number of H-pyrrole nitrogens is 1. The van der Waals surface area contributed by atoms with Gasteiger partial charge in [-0.2, -0.15) is 9.61 Å². The normalized spacial score (nSPS) is 10.9. The zero-order valence-electron chi connectivity index (χ0n) is 9.71. The largest absolute Gasteiger partial charge is 0.493 e. The number of aromatic amines is 1. The van der Waals surface area contributed by atoms with Crippen molar-refractivity contribution in [3.63, 3.8) is 0 Å². The van der Waals surface area contributed by atoms with Crippen LogP contribution in [0.25, 0.3) is 16.8 Å². The number of hydrogen-bond donors (Lipinski definition) is 2. The number of benzene rings is 1. The standard InChI is InChI=1S/C13H11N3O2/c1-8-2-4-9(5-3-8)11-12(17)15-10-6-7-14-16(10)13(11)18/h2-7,18H,1H3,(H,15,17). The Balaban J connectivity index is 2.34. The second-order valence-corrected chi connectivity index (χ2v) is 4.15. The quantitative estimate of drug-likeness (QED) is 0.681. The molecule has 0 bridgehead atoms. The van der Waals surface area contributed by atoms with Gasteiger partial charge in [0.15, 0.2) is 0 Å². The third kappa shape index (κ3) is 1.48. The van der Waals surface area contributed by atoms with Gasteiger partial charge >= 0.3 is 0 Å². The molecule has 0 aliphatic carbocycles. The van der Waals surface area contributed by atoms with Gasteiger partial charge in [0.05, 0.1) is 6.20 Å². The summed E-state index contributed by atoms with van der Waals surface area (Å²) in [7, 11) is 0. The SMILES string of the molecule is Cc1ccc(-c2c(O)n3nccc3[nH]c2=O)cc1. The van der Waals surface area contributed by atoms with Crippen molar-refractivity contribution in [3.05, 3.63) is 52.4 Å². The van der Waals surface area contributed by atoms with Crippen LogP contribution in [0.5, 0.6) is 5.88 Å². The molecule has 18 heavy (non-hydrogen) atoms. The van der Waals surface area contributed by atoms with Gasteiger partial charge in [0.1, 0.15) is 11.2 Å². The minimum Gasteiger partial charge on any atom is -0.493 e. The van der Waals surface area contributed by atoms with Crippen molar-refractivity contribution in [1.29, 1.82) is 0 Å². The Morgan fingerprint density at radius 1 is 1.22 bits per heavy atom. The molecule has 5 heteroatoms. The Hall–Kier alpha value is -2.56. The van der Waals surface area contributed by atoms with E-state index in [9.17, 15) is 9.90 Å². The summed E-state index contributed by atoms with van der Waals surface area (Å²) >= 11 is 0. The molecule has 0 atom stereocenters. The van der Waals surface area contributed by atoms with Crippen molar-refractivity contribution in [1.82, 2.24) is 14.6 Å². The molecule has 0 radical (unpaired) electrons. The number of aryl methyl sites for hydroxylation is 1. The van der Waals surface area contributed by atoms with Gasteiger partial charge in [-0.25, -0.2) is 0 Å². The van der Waals surface area contributed by atoms with Crippen LogP contribution in [0.4, 0.5) is 0 Å². The lowest BCUT2D eigenvalue weighted by atomic mass is 10.1. The molecule has 0 unspecified atom stereocenters. The van der Waals surface area contributed by atoms with Crippen LogP contribution in [-0.2, 0) is 0 Å². The first-order valence-electron chi connectivity index (χ1n) is 5.53. The van der Waals surface area contributed by atoms with Crippen molar-refractivity contribution in [3.8, 4) is 17.0 Å². The van der Waals surface area contributed by atoms with Gasteiger partial charge in [-0.3, -0.25) is 4.79 Å². The molecule has 0 aliphatic rings. The summed E-state index contributed by atoms with van der Waals surface area (Å²) in [5.74, 6) is -0.150. The summed E-state index contributed by atoms with van der Waals surface area (Å²) in [5.41, 5.74) is 2.12. The van der Waals surface area contributed by atoms with Crippen LogP contribution in [-0.4, -0.2) is 19.7 Å². The lowest BCUT2D eigenvalue weighted by molar-refractivity contribution is 0.437. The molecule has 2 aromatic heterocycles. The molecule has 0 spiro atoms. The molecule has 2 N–H and O–H groups in total. The average molecular weight is 241 g/mol. The van der Waals surface area contributed by atoms with Crippen LogP contribution >= 0.6 is 0 Å². The lowest BCUT2D eigenvalue weighted by Gasteiger charge is -2.05. The number of nitrogens with zero attached hydrogens (tertiary/aromatic N) is 2. The van der Waals surface area contributed by atoms with Crippen molar-refractivity contribution in [2.75, 3.05) is 0 Å². The molecule has 0 amide bonds. The van der Waals surface area contributed by atoms with E-state index >= 15 is 0 Å². The molecule has 0 fully saturated rings. The Bertz CT molecular complexity index is 769. The monoisotopic (exact) mass is 241 g/mol. The van der Waals surface area contributed by atoms with Crippen LogP contribution < -0.4 is 5.56 Å². The molecular formula is C13H11N3O2. The summed E-state index contributed by atoms with van der Waals surface area (Å²) in [6, 6.07) is 9.01. The molecule has 3 aromatic rings. The zero-order chi connectivity index (χ0) is 12.7. The van der Waals surface area contributed by atoms with E-state index in [0.717, 1.165) is 5.56 Å². The fourth-order valence-corrected chi connectivity index (χ4v) is 1.93. The van der Waals surface area contributed by atoms with Crippen molar-refractivity contribution in [2.45, 2.75) is 6.92 Å². The molecule has 3 rings (SSSR count). The fraction of sp³-hybridized carbons (Fsp3) is 0.0769. The Kier molecular flexibility index (Phi) is 2.19. The lowest BCUT2D eigenvalue weighted by Crippen LogP contribution is -2.12. The molecular weight excluding hydrogens is 230 g/mol. The molecule has 1 aromatic carbocycles. The topological polar surface area (TPSA) is 70.4 Å². The third-order valence-corrected chi connectivity index (χ3v) is 2.88. The Labute approximate surface area is 102 Å². The predicted molar refractivity (Wildman–Crippen MR) is 67.7 cm³/mol. The first-order valence-corrected chi connectivity index (χ1v) is 5.53. The van der Waals surface area contributed by atoms with E-state index in [2.05, 4.69) is 10.1 Å². The van der Waals surface area contributed by atoms with Crippen LogP contribution in [0, 0.1) is 6.92 Å². The fourth-order valence-electron chi connectivity index (χ4n) is 1.93. The number of nitrogens with one attached hydrogen (secondary N) is 1. The summed E-state index contributed by atoms with van der Waals surface area (Å²) in [6.45, 7) is 1.96. The van der Waals surface area contributed by atoms with E-state index in [1.807, 2.05) is 19.1 Å². The number of rotatable bonds is 1. The Morgan fingerprint density at radius 2 is 1.94 bits per heavy atom. The average Bonchev–Trinajstić information content (AvgIpc) is 2.80. The van der Waals surface area contributed by atoms with Gasteiger partial charge in [0.2, 0.25) is 5.88 Å². The number of hydrogen-bond acceptors (Lipinski definition) is 3. The number of fused-ring (bicyclic) bond motifs is 1. The van der Waals surface area contributed by atoms with Gasteiger partial charge in [-0.15, -0.1) is 0 Å². The van der Waals surface area contributed by atoms with Crippen LogP contribution in [0.2, 0.25) is 0 Å². The number of aromatic hydroxyl groups is 1. The summed E-state index contributed by atoms with van der Waals surface area (Å²) < 4.78 is 1.30. The minimum atomic E-state index is -0.329. The van der Waals surface area contributed by atoms with Crippen LogP contribution in [0.3, 0.4) is 0 Å². The highest BCUT2D eigenvalue weighted by atomic mass is 16.3. The molecule has 0 saturated carbocycles. The number of aromatic nitrogens is 3. The summed E-state index contributed by atoms with van der Waals surface area (Å²) in [6.07, 6.45) is 1.52. The maximum atomic E-state index is 12.0. The molecule has 0 aliphatic heterocycles. The van der Waals surface area contributed by atoms with E-state index < -0.39 is 0 Å². The van der Waals surface area contributed by atoms with Gasteiger partial charge < -0.3 is 10.1 Å². The summed E-state index contributed by atoms with van der Waals surface area (Å²) in [5, 5.41) is 14.1. The van der Waals surface area contributed by atoms with Crippen molar-refractivity contribution < 1.29 is 5.11 Å². The van der Waals surface area contributed by atoms with Gasteiger partial charge in [-0.05, 0) is 12.5 Å². The second kappa shape index (κ2) is 3.73. The summed E-state index contributed by atoms with van der Waals surface area (Å²) in [4.78, 5) is 14.7. The first-order chi connectivity index (χ1) is 8.66. The van der Waals surface area contributed by atoms with Crippen LogP contribution in [0.15, 0.2) is 41.3 Å². The van der Waals surface area contributed by atoms with E-state index in [4.69, 9.17) is 0 Å². The molecule has 5 nitrogen and oxygen atoms in total. The highest BCUT2D eigenvalue weighted by Gasteiger charge is 2.14. The second-order valence-electron chi connectivity index (χ2n) is 4.15. The van der Waals surface area contributed by atoms with Gasteiger partial charge in [0.25, 0.3) is 5.56 Å². The molecule has 0 saturated heterocycles. The van der Waals surface area contributed by atoms with E-state index in [1.54, 1.807) is 18.2 Å².